The maximum atomic E-state index is 11.9. The molecule has 19 heavy (non-hydrogen) atoms. The maximum absolute atomic E-state index is 11.9. The van der Waals surface area contributed by atoms with E-state index >= 15 is 0 Å². The molecule has 1 rings (SSSR count). The molecule has 0 aromatic rings. The van der Waals surface area contributed by atoms with Crippen LogP contribution in [0.15, 0.2) is 0 Å². The zero-order valence-corrected chi connectivity index (χ0v) is 10.2. The predicted octanol–water partition coefficient (Wildman–Crippen LogP) is -0.304. The van der Waals surface area contributed by atoms with E-state index in [0.717, 1.165) is 4.90 Å². The third-order valence-corrected chi connectivity index (χ3v) is 2.86. The van der Waals surface area contributed by atoms with Gasteiger partial charge in [0.2, 0.25) is 5.91 Å². The minimum absolute atomic E-state index is 0.00635. The molecule has 0 radical (unpaired) electrons. The number of amides is 1. The Balaban J connectivity index is 2.46. The highest BCUT2D eigenvalue weighted by atomic mass is 19.4. The van der Waals surface area contributed by atoms with Gasteiger partial charge in [-0.2, -0.15) is 13.2 Å². The van der Waals surface area contributed by atoms with Gasteiger partial charge in [-0.05, 0) is 0 Å². The van der Waals surface area contributed by atoms with E-state index in [0.29, 0.717) is 0 Å². The molecular formula is C10H15F3N2O4. The summed E-state index contributed by atoms with van der Waals surface area (Å²) >= 11 is 0. The fourth-order valence-corrected chi connectivity index (χ4v) is 1.78. The highest BCUT2D eigenvalue weighted by Crippen LogP contribution is 2.19. The smallest absolute Gasteiger partial charge is 0.401 e. The first-order valence-electron chi connectivity index (χ1n) is 5.56. The summed E-state index contributed by atoms with van der Waals surface area (Å²) in [6.45, 7) is -1.71. The van der Waals surface area contributed by atoms with Crippen molar-refractivity contribution in [1.82, 2.24) is 10.2 Å². The van der Waals surface area contributed by atoms with Gasteiger partial charge in [0.05, 0.1) is 32.3 Å². The summed E-state index contributed by atoms with van der Waals surface area (Å²) in [5.41, 5.74) is 0. The molecule has 1 amide bonds. The summed E-state index contributed by atoms with van der Waals surface area (Å²) in [6, 6.07) is -0.655. The van der Waals surface area contributed by atoms with Gasteiger partial charge in [-0.15, -0.1) is 0 Å². The highest BCUT2D eigenvalue weighted by Gasteiger charge is 2.38. The van der Waals surface area contributed by atoms with Crippen molar-refractivity contribution in [2.24, 2.45) is 5.92 Å². The molecule has 0 aromatic carbocycles. The number of nitrogens with one attached hydrogen (secondary N) is 1. The molecule has 110 valence electrons. The molecule has 1 aliphatic heterocycles. The standard InChI is InChI=1S/C10H15F3N2O4/c1-15(7-4-19-3-6(7)9(17)18)8(16)2-14-5-10(11,12)13/h6-7,14H,2-5H2,1H3,(H,17,18). The van der Waals surface area contributed by atoms with Crippen molar-refractivity contribution >= 4 is 11.9 Å². The molecule has 1 heterocycles. The van der Waals surface area contributed by atoms with E-state index in [2.05, 4.69) is 0 Å². The first-order chi connectivity index (χ1) is 8.72. The SMILES string of the molecule is CN(C(=O)CNCC(F)(F)F)C1COCC1C(=O)O. The zero-order chi connectivity index (χ0) is 14.6. The molecular weight excluding hydrogens is 269 g/mol. The second-order valence-corrected chi connectivity index (χ2v) is 4.27. The number of nitrogens with zero attached hydrogens (tertiary/aromatic N) is 1. The number of ether oxygens (including phenoxy) is 1. The number of alkyl halides is 3. The van der Waals surface area contributed by atoms with Crippen molar-refractivity contribution in [3.05, 3.63) is 0 Å². The monoisotopic (exact) mass is 284 g/mol. The third-order valence-electron chi connectivity index (χ3n) is 2.86. The molecule has 0 bridgehead atoms. The lowest BCUT2D eigenvalue weighted by Crippen LogP contribution is -2.47. The number of halogens is 3. The number of carbonyl (C=O) groups excluding carboxylic acids is 1. The number of rotatable bonds is 5. The van der Waals surface area contributed by atoms with E-state index in [4.69, 9.17) is 9.84 Å². The van der Waals surface area contributed by atoms with Crippen LogP contribution in [0.4, 0.5) is 13.2 Å². The molecule has 1 saturated heterocycles. The lowest BCUT2D eigenvalue weighted by Gasteiger charge is -2.26. The molecule has 1 fully saturated rings. The van der Waals surface area contributed by atoms with E-state index in [1.165, 1.54) is 7.05 Å². The zero-order valence-electron chi connectivity index (χ0n) is 10.2. The molecule has 9 heteroatoms. The molecule has 0 saturated carbocycles. The number of hydrogen-bond acceptors (Lipinski definition) is 4. The second-order valence-electron chi connectivity index (χ2n) is 4.27. The van der Waals surface area contributed by atoms with Crippen LogP contribution in [0.3, 0.4) is 0 Å². The van der Waals surface area contributed by atoms with Crippen molar-refractivity contribution in [3.63, 3.8) is 0 Å². The van der Waals surface area contributed by atoms with Crippen molar-refractivity contribution in [2.45, 2.75) is 12.2 Å². The lowest BCUT2D eigenvalue weighted by atomic mass is 10.0. The van der Waals surface area contributed by atoms with Crippen molar-refractivity contribution in [1.29, 1.82) is 0 Å². The van der Waals surface area contributed by atoms with Gasteiger partial charge in [-0.1, -0.05) is 0 Å². The van der Waals surface area contributed by atoms with Crippen molar-refractivity contribution in [2.75, 3.05) is 33.4 Å². The van der Waals surface area contributed by atoms with Gasteiger partial charge in [0.1, 0.15) is 5.92 Å². The minimum Gasteiger partial charge on any atom is -0.481 e. The summed E-state index contributed by atoms with van der Waals surface area (Å²) in [6.07, 6.45) is -4.39. The Kier molecular flexibility index (Phi) is 5.12. The molecule has 0 aliphatic carbocycles. The van der Waals surface area contributed by atoms with Crippen LogP contribution in [0, 0.1) is 5.92 Å². The van der Waals surface area contributed by atoms with Crippen LogP contribution in [0.25, 0.3) is 0 Å². The topological polar surface area (TPSA) is 78.9 Å². The number of carboxylic acid groups (broad SMARTS) is 1. The average Bonchev–Trinajstić information content (AvgIpc) is 2.74. The Labute approximate surface area is 107 Å². The summed E-state index contributed by atoms with van der Waals surface area (Å²) < 4.78 is 40.7. The Morgan fingerprint density at radius 3 is 2.58 bits per heavy atom. The molecule has 2 N–H and O–H groups in total. The lowest BCUT2D eigenvalue weighted by molar-refractivity contribution is -0.144. The van der Waals surface area contributed by atoms with Gasteiger partial charge in [-0.25, -0.2) is 0 Å². The first-order valence-corrected chi connectivity index (χ1v) is 5.56. The molecule has 0 aromatic heterocycles. The number of hydrogen-bond donors (Lipinski definition) is 2. The Morgan fingerprint density at radius 2 is 2.05 bits per heavy atom. The van der Waals surface area contributed by atoms with Gasteiger partial charge in [-0.3, -0.25) is 9.59 Å². The average molecular weight is 284 g/mol. The quantitative estimate of drug-likeness (QED) is 0.724. The maximum Gasteiger partial charge on any atom is 0.401 e. The number of carbonyl (C=O) groups is 2. The van der Waals surface area contributed by atoms with Crippen molar-refractivity contribution in [3.8, 4) is 0 Å². The van der Waals surface area contributed by atoms with Crippen LogP contribution in [-0.4, -0.2) is 67.5 Å². The van der Waals surface area contributed by atoms with E-state index in [1.807, 2.05) is 5.32 Å². The first kappa shape index (κ1) is 15.7. The number of aliphatic carboxylic acids is 1. The molecule has 0 spiro atoms. The fraction of sp³-hybridized carbons (Fsp3) is 0.800. The third kappa shape index (κ3) is 4.67. The number of carboxylic acids is 1. The molecule has 6 nitrogen and oxygen atoms in total. The van der Waals surface area contributed by atoms with Crippen LogP contribution < -0.4 is 5.32 Å². The van der Waals surface area contributed by atoms with Gasteiger partial charge in [0.15, 0.2) is 0 Å². The summed E-state index contributed by atoms with van der Waals surface area (Å²) in [4.78, 5) is 23.7. The van der Waals surface area contributed by atoms with Crippen LogP contribution in [-0.2, 0) is 14.3 Å². The predicted molar refractivity (Wildman–Crippen MR) is 57.4 cm³/mol. The minimum atomic E-state index is -4.39. The summed E-state index contributed by atoms with van der Waals surface area (Å²) in [5, 5.41) is 10.9. The number of likely N-dealkylation sites (N-methyl/N-ethyl adjacent to an activating group) is 1. The Hall–Kier alpha value is -1.35. The fourth-order valence-electron chi connectivity index (χ4n) is 1.78. The van der Waals surface area contributed by atoms with Gasteiger partial charge >= 0.3 is 12.1 Å². The Bertz CT molecular complexity index is 348. The van der Waals surface area contributed by atoms with E-state index in [-0.39, 0.29) is 13.2 Å². The van der Waals surface area contributed by atoms with Crippen LogP contribution in [0.5, 0.6) is 0 Å². The van der Waals surface area contributed by atoms with E-state index < -0.39 is 43.1 Å². The molecule has 2 unspecified atom stereocenters. The van der Waals surface area contributed by atoms with Crippen molar-refractivity contribution < 1.29 is 32.6 Å². The van der Waals surface area contributed by atoms with E-state index in [9.17, 15) is 22.8 Å². The largest absolute Gasteiger partial charge is 0.481 e. The summed E-state index contributed by atoms with van der Waals surface area (Å²) in [7, 11) is 1.35. The second kappa shape index (κ2) is 6.20. The highest BCUT2D eigenvalue weighted by molar-refractivity contribution is 5.80. The Morgan fingerprint density at radius 1 is 1.42 bits per heavy atom. The van der Waals surface area contributed by atoms with Crippen LogP contribution in [0.1, 0.15) is 0 Å². The van der Waals surface area contributed by atoms with Gasteiger partial charge < -0.3 is 20.1 Å². The van der Waals surface area contributed by atoms with Gasteiger partial charge in [0.25, 0.3) is 0 Å². The molecule has 2 atom stereocenters. The normalized spacial score (nSPS) is 23.4. The molecule has 1 aliphatic rings. The van der Waals surface area contributed by atoms with Crippen LogP contribution in [0.2, 0.25) is 0 Å². The van der Waals surface area contributed by atoms with Gasteiger partial charge in [0, 0.05) is 7.05 Å². The summed E-state index contributed by atoms with van der Waals surface area (Å²) in [5.74, 6) is -2.55. The van der Waals surface area contributed by atoms with Crippen LogP contribution >= 0.6 is 0 Å². The van der Waals surface area contributed by atoms with E-state index in [1.54, 1.807) is 0 Å².